The van der Waals surface area contributed by atoms with Crippen molar-refractivity contribution < 1.29 is 17.9 Å². The summed E-state index contributed by atoms with van der Waals surface area (Å²) in [5, 5.41) is 8.38. The zero-order valence-corrected chi connectivity index (χ0v) is 22.3. The molecule has 194 valence electrons. The van der Waals surface area contributed by atoms with E-state index in [0.29, 0.717) is 40.5 Å². The third-order valence-corrected chi connectivity index (χ3v) is 7.90. The smallest absolute Gasteiger partial charge is 0.265 e. The fourth-order valence-corrected chi connectivity index (χ4v) is 5.64. The molecule has 38 heavy (non-hydrogen) atoms. The minimum atomic E-state index is -4.05. The van der Waals surface area contributed by atoms with Crippen LogP contribution < -0.4 is 24.8 Å². The molecule has 0 bridgehead atoms. The number of methoxy groups -OCH3 is 2. The van der Waals surface area contributed by atoms with E-state index in [1.807, 2.05) is 35.7 Å². The number of para-hydroxylation sites is 3. The van der Waals surface area contributed by atoms with Crippen LogP contribution in [0.5, 0.6) is 11.5 Å². The van der Waals surface area contributed by atoms with Crippen LogP contribution in [0, 0.1) is 0 Å². The fraction of sp³-hybridized carbons (Fsp3) is 0.111. The van der Waals surface area contributed by atoms with Gasteiger partial charge in [0.15, 0.2) is 11.6 Å². The summed E-state index contributed by atoms with van der Waals surface area (Å²) in [5.41, 5.74) is 2.22. The minimum Gasteiger partial charge on any atom is -0.497 e. The Balaban J connectivity index is 1.52. The number of nitrogens with zero attached hydrogens (tertiary/aromatic N) is 2. The van der Waals surface area contributed by atoms with Crippen LogP contribution in [0.1, 0.15) is 4.88 Å². The summed E-state index contributed by atoms with van der Waals surface area (Å²) in [6.07, 6.45) is 0. The van der Waals surface area contributed by atoms with Crippen LogP contribution in [0.25, 0.3) is 11.0 Å². The molecule has 0 amide bonds. The molecular weight excluding hydrogens is 522 g/mol. The highest BCUT2D eigenvalue weighted by atomic mass is 32.2. The molecule has 3 aromatic carbocycles. The number of fused-ring (bicyclic) bond motifs is 1. The Labute approximate surface area is 224 Å². The number of aromatic nitrogens is 2. The largest absolute Gasteiger partial charge is 0.497 e. The SMILES string of the molecule is COc1cc(Nc2nc3ccccc3nc2NS(=O)(=O)c2ccccc2NCc2cccs2)cc(OC)c1. The van der Waals surface area contributed by atoms with Crippen molar-refractivity contribution in [1.82, 2.24) is 9.97 Å². The Hall–Kier alpha value is -4.35. The van der Waals surface area contributed by atoms with Crippen LogP contribution in [0.3, 0.4) is 0 Å². The van der Waals surface area contributed by atoms with Crippen LogP contribution in [-0.2, 0) is 16.6 Å². The summed E-state index contributed by atoms with van der Waals surface area (Å²) < 4.78 is 40.7. The minimum absolute atomic E-state index is 0.0542. The molecule has 0 unspecified atom stereocenters. The molecule has 2 aromatic heterocycles. The van der Waals surface area contributed by atoms with Gasteiger partial charge in [-0.25, -0.2) is 18.4 Å². The lowest BCUT2D eigenvalue weighted by atomic mass is 10.2. The first-order valence-corrected chi connectivity index (χ1v) is 14.0. The van der Waals surface area contributed by atoms with Crippen molar-refractivity contribution in [1.29, 1.82) is 0 Å². The van der Waals surface area contributed by atoms with Gasteiger partial charge in [0, 0.05) is 35.3 Å². The van der Waals surface area contributed by atoms with E-state index < -0.39 is 10.0 Å². The van der Waals surface area contributed by atoms with Gasteiger partial charge in [0.05, 0.1) is 30.9 Å². The molecule has 0 fully saturated rings. The van der Waals surface area contributed by atoms with Crippen LogP contribution in [0.15, 0.2) is 89.1 Å². The molecule has 0 spiro atoms. The molecular formula is C27H25N5O4S2. The molecule has 0 radical (unpaired) electrons. The standard InChI is InChI=1S/C27H25N5O4S2/c1-35-19-14-18(15-20(16-19)36-2)29-26-27(31-23-10-4-3-9-22(23)30-26)32-38(33,34)25-12-6-5-11-24(25)28-17-21-8-7-13-37-21/h3-16,28H,17H2,1-2H3,(H,29,30)(H,31,32). The first kappa shape index (κ1) is 25.3. The molecule has 2 heterocycles. The maximum absolute atomic E-state index is 13.6. The average molecular weight is 548 g/mol. The number of hydrogen-bond acceptors (Lipinski definition) is 9. The van der Waals surface area contributed by atoms with Crippen molar-refractivity contribution in [2.45, 2.75) is 11.4 Å². The second-order valence-electron chi connectivity index (χ2n) is 8.17. The number of ether oxygens (including phenoxy) is 2. The lowest BCUT2D eigenvalue weighted by molar-refractivity contribution is 0.395. The quantitative estimate of drug-likeness (QED) is 0.199. The van der Waals surface area contributed by atoms with E-state index >= 15 is 0 Å². The zero-order chi connectivity index (χ0) is 26.5. The Morgan fingerprint density at radius 1 is 0.816 bits per heavy atom. The normalized spacial score (nSPS) is 11.2. The first-order chi connectivity index (χ1) is 18.4. The summed E-state index contributed by atoms with van der Waals surface area (Å²) in [4.78, 5) is 10.4. The van der Waals surface area contributed by atoms with Crippen molar-refractivity contribution >= 4 is 55.4 Å². The molecule has 0 aliphatic rings. The van der Waals surface area contributed by atoms with Gasteiger partial charge >= 0.3 is 0 Å². The second kappa shape index (κ2) is 11.0. The lowest BCUT2D eigenvalue weighted by Gasteiger charge is -2.16. The maximum Gasteiger partial charge on any atom is 0.265 e. The third-order valence-electron chi connectivity index (χ3n) is 5.63. The summed E-state index contributed by atoms with van der Waals surface area (Å²) in [7, 11) is -0.938. The highest BCUT2D eigenvalue weighted by Gasteiger charge is 2.22. The number of nitrogens with one attached hydrogen (secondary N) is 3. The molecule has 9 nitrogen and oxygen atoms in total. The van der Waals surface area contributed by atoms with E-state index in [-0.39, 0.29) is 16.5 Å². The molecule has 0 aliphatic carbocycles. The number of hydrogen-bond donors (Lipinski definition) is 3. The summed E-state index contributed by atoms with van der Waals surface area (Å²) >= 11 is 1.60. The number of thiophene rings is 1. The van der Waals surface area contributed by atoms with E-state index in [0.717, 1.165) is 4.88 Å². The molecule has 0 saturated carbocycles. The monoisotopic (exact) mass is 547 g/mol. The molecule has 5 rings (SSSR count). The molecule has 5 aromatic rings. The number of rotatable bonds is 10. The Morgan fingerprint density at radius 2 is 1.47 bits per heavy atom. The third kappa shape index (κ3) is 5.63. The molecule has 3 N–H and O–H groups in total. The van der Waals surface area contributed by atoms with E-state index in [4.69, 9.17) is 9.47 Å². The zero-order valence-electron chi connectivity index (χ0n) is 20.6. The summed E-state index contributed by atoms with van der Waals surface area (Å²) in [5.74, 6) is 1.41. The Kier molecular flexibility index (Phi) is 7.29. The first-order valence-electron chi connectivity index (χ1n) is 11.6. The number of anilines is 4. The van der Waals surface area contributed by atoms with Gasteiger partial charge in [-0.1, -0.05) is 30.3 Å². The van der Waals surface area contributed by atoms with E-state index in [9.17, 15) is 8.42 Å². The van der Waals surface area contributed by atoms with Gasteiger partial charge in [0.1, 0.15) is 16.4 Å². The van der Waals surface area contributed by atoms with Crippen molar-refractivity contribution in [3.05, 3.63) is 89.1 Å². The van der Waals surface area contributed by atoms with Crippen molar-refractivity contribution in [2.75, 3.05) is 29.6 Å². The average Bonchev–Trinajstić information content (AvgIpc) is 3.46. The molecule has 0 aliphatic heterocycles. The summed E-state index contributed by atoms with van der Waals surface area (Å²) in [6, 6.07) is 23.2. The highest BCUT2D eigenvalue weighted by molar-refractivity contribution is 7.92. The summed E-state index contributed by atoms with van der Waals surface area (Å²) in [6.45, 7) is 0.504. The highest BCUT2D eigenvalue weighted by Crippen LogP contribution is 2.32. The lowest BCUT2D eigenvalue weighted by Crippen LogP contribution is -2.17. The van der Waals surface area contributed by atoms with Crippen LogP contribution >= 0.6 is 11.3 Å². The Bertz CT molecular complexity index is 1650. The number of benzene rings is 3. The predicted octanol–water partition coefficient (Wildman–Crippen LogP) is 5.87. The van der Waals surface area contributed by atoms with Gasteiger partial charge in [-0.05, 0) is 35.7 Å². The van der Waals surface area contributed by atoms with Crippen LogP contribution in [-0.4, -0.2) is 32.6 Å². The fourth-order valence-electron chi connectivity index (χ4n) is 3.80. The van der Waals surface area contributed by atoms with E-state index in [1.165, 1.54) is 0 Å². The van der Waals surface area contributed by atoms with Gasteiger partial charge in [-0.3, -0.25) is 4.72 Å². The topological polar surface area (TPSA) is 114 Å². The molecule has 11 heteroatoms. The number of sulfonamides is 1. The molecule has 0 atom stereocenters. The maximum atomic E-state index is 13.6. The van der Waals surface area contributed by atoms with Gasteiger partial charge in [-0.2, -0.15) is 0 Å². The van der Waals surface area contributed by atoms with Crippen LogP contribution in [0.4, 0.5) is 23.0 Å². The van der Waals surface area contributed by atoms with Crippen molar-refractivity contribution in [2.24, 2.45) is 0 Å². The Morgan fingerprint density at radius 3 is 2.13 bits per heavy atom. The van der Waals surface area contributed by atoms with Crippen LogP contribution in [0.2, 0.25) is 0 Å². The van der Waals surface area contributed by atoms with Gasteiger partial charge in [0.25, 0.3) is 10.0 Å². The van der Waals surface area contributed by atoms with Gasteiger partial charge < -0.3 is 20.1 Å². The molecule has 0 saturated heterocycles. The van der Waals surface area contributed by atoms with Crippen molar-refractivity contribution in [3.8, 4) is 11.5 Å². The van der Waals surface area contributed by atoms with Crippen molar-refractivity contribution in [3.63, 3.8) is 0 Å². The second-order valence-corrected chi connectivity index (χ2v) is 10.9. The predicted molar refractivity (Wildman–Crippen MR) is 151 cm³/mol. The van der Waals surface area contributed by atoms with E-state index in [2.05, 4.69) is 25.3 Å². The van der Waals surface area contributed by atoms with Gasteiger partial charge in [0.2, 0.25) is 0 Å². The van der Waals surface area contributed by atoms with Gasteiger partial charge in [-0.15, -0.1) is 11.3 Å². The van der Waals surface area contributed by atoms with E-state index in [1.54, 1.807) is 74.1 Å².